The first-order valence-electron chi connectivity index (χ1n) is 11.7. The highest BCUT2D eigenvalue weighted by molar-refractivity contribution is 9.10. The summed E-state index contributed by atoms with van der Waals surface area (Å²) in [7, 11) is -1.15. The average Bonchev–Trinajstić information content (AvgIpc) is 2.76. The van der Waals surface area contributed by atoms with Crippen molar-refractivity contribution in [2.75, 3.05) is 24.9 Å². The molecule has 8 nitrogen and oxygen atoms in total. The van der Waals surface area contributed by atoms with Crippen LogP contribution in [-0.2, 0) is 26.3 Å². The molecular weight excluding hydrogens is 544 g/mol. The van der Waals surface area contributed by atoms with Gasteiger partial charge in [0.25, 0.3) is 0 Å². The van der Waals surface area contributed by atoms with Crippen LogP contribution in [0.15, 0.2) is 46.9 Å². The first-order chi connectivity index (χ1) is 16.5. The molecule has 0 bridgehead atoms. The van der Waals surface area contributed by atoms with Crippen LogP contribution in [0.25, 0.3) is 0 Å². The summed E-state index contributed by atoms with van der Waals surface area (Å²) in [6.45, 7) is 10.6. The van der Waals surface area contributed by atoms with Crippen molar-refractivity contribution in [1.29, 1.82) is 0 Å². The summed E-state index contributed by atoms with van der Waals surface area (Å²) in [5.74, 6) is -0.803. The van der Waals surface area contributed by atoms with Gasteiger partial charge < -0.3 is 10.2 Å². The van der Waals surface area contributed by atoms with E-state index in [1.807, 2.05) is 64.1 Å². The molecule has 36 heavy (non-hydrogen) atoms. The van der Waals surface area contributed by atoms with Crippen LogP contribution in [0.5, 0.6) is 0 Å². The van der Waals surface area contributed by atoms with Crippen LogP contribution in [0.3, 0.4) is 0 Å². The van der Waals surface area contributed by atoms with Crippen LogP contribution in [0.1, 0.15) is 44.4 Å². The number of carbonyl (C=O) groups is 2. The highest BCUT2D eigenvalue weighted by Crippen LogP contribution is 2.26. The van der Waals surface area contributed by atoms with Crippen molar-refractivity contribution in [1.82, 2.24) is 14.5 Å². The third-order valence-electron chi connectivity index (χ3n) is 5.58. The van der Waals surface area contributed by atoms with Crippen molar-refractivity contribution in [3.05, 3.63) is 63.6 Å². The average molecular weight is 582 g/mol. The van der Waals surface area contributed by atoms with Gasteiger partial charge in [0, 0.05) is 30.7 Å². The van der Waals surface area contributed by atoms with Gasteiger partial charge >= 0.3 is 10.2 Å². The molecule has 0 fully saturated rings. The van der Waals surface area contributed by atoms with Gasteiger partial charge in [0.05, 0.1) is 5.69 Å². The van der Waals surface area contributed by atoms with E-state index in [1.54, 1.807) is 19.9 Å². The summed E-state index contributed by atoms with van der Waals surface area (Å²) in [4.78, 5) is 28.3. The molecule has 2 aromatic rings. The van der Waals surface area contributed by atoms with Crippen LogP contribution in [0, 0.1) is 13.8 Å². The van der Waals surface area contributed by atoms with Crippen molar-refractivity contribution in [3.63, 3.8) is 0 Å². The second-order valence-corrected chi connectivity index (χ2v) is 13.1. The second kappa shape index (κ2) is 11.7. The Morgan fingerprint density at radius 1 is 1.03 bits per heavy atom. The molecule has 1 atom stereocenters. The summed E-state index contributed by atoms with van der Waals surface area (Å²) in [6, 6.07) is 12.1. The summed E-state index contributed by atoms with van der Waals surface area (Å²) in [5, 5.41) is 2.92. The lowest BCUT2D eigenvalue weighted by molar-refractivity contribution is -0.140. The Labute approximate surface area is 224 Å². The van der Waals surface area contributed by atoms with E-state index in [2.05, 4.69) is 21.2 Å². The SMILES string of the molecule is Cc1ccc(C)c(N(CC(=O)N(Cc2ccc(Br)cc2)C(C)C(=O)NC(C)(C)C)S(=O)(=O)N(C)C)c1. The van der Waals surface area contributed by atoms with E-state index in [9.17, 15) is 18.0 Å². The minimum atomic E-state index is -4.00. The van der Waals surface area contributed by atoms with Crippen molar-refractivity contribution >= 4 is 43.6 Å². The van der Waals surface area contributed by atoms with Gasteiger partial charge in [-0.1, -0.05) is 40.2 Å². The number of rotatable bonds is 9. The molecule has 0 heterocycles. The van der Waals surface area contributed by atoms with Gasteiger partial charge in [0.1, 0.15) is 12.6 Å². The van der Waals surface area contributed by atoms with Gasteiger partial charge in [-0.25, -0.2) is 4.31 Å². The topological polar surface area (TPSA) is 90.0 Å². The van der Waals surface area contributed by atoms with Crippen LogP contribution >= 0.6 is 15.9 Å². The molecule has 0 aliphatic rings. The molecule has 2 amide bonds. The molecule has 2 aromatic carbocycles. The van der Waals surface area contributed by atoms with Crippen molar-refractivity contribution < 1.29 is 18.0 Å². The monoisotopic (exact) mass is 580 g/mol. The van der Waals surface area contributed by atoms with Crippen LogP contribution in [0.2, 0.25) is 0 Å². The first-order valence-corrected chi connectivity index (χ1v) is 13.9. The number of amides is 2. The molecule has 0 aromatic heterocycles. The molecule has 10 heteroatoms. The van der Waals surface area contributed by atoms with Crippen LogP contribution in [0.4, 0.5) is 5.69 Å². The lowest BCUT2D eigenvalue weighted by atomic mass is 10.1. The van der Waals surface area contributed by atoms with E-state index < -0.39 is 34.2 Å². The summed E-state index contributed by atoms with van der Waals surface area (Å²) < 4.78 is 29.8. The Balaban J connectivity index is 2.51. The number of benzene rings is 2. The van der Waals surface area contributed by atoms with E-state index in [0.717, 1.165) is 29.8 Å². The fourth-order valence-electron chi connectivity index (χ4n) is 3.53. The van der Waals surface area contributed by atoms with E-state index in [0.29, 0.717) is 5.69 Å². The first kappa shape index (κ1) is 29.8. The van der Waals surface area contributed by atoms with E-state index in [-0.39, 0.29) is 12.5 Å². The second-order valence-electron chi connectivity index (χ2n) is 10.2. The Bertz CT molecular complexity index is 1190. The van der Waals surface area contributed by atoms with E-state index in [1.165, 1.54) is 19.0 Å². The molecule has 0 saturated heterocycles. The number of anilines is 1. The molecular formula is C26H37BrN4O4S. The molecule has 0 aliphatic heterocycles. The maximum absolute atomic E-state index is 13.8. The number of hydrogen-bond donors (Lipinski definition) is 1. The minimum absolute atomic E-state index is 0.146. The number of aryl methyl sites for hydroxylation is 2. The standard InChI is InChI=1S/C26H37BrN4O4S/c1-18-9-10-19(2)23(15-18)31(36(34,35)29(7)8)17-24(32)30(16-21-11-13-22(27)14-12-21)20(3)25(33)28-26(4,5)6/h9-15,20H,16-17H2,1-8H3,(H,28,33). The number of nitrogens with one attached hydrogen (secondary N) is 1. The molecule has 198 valence electrons. The van der Waals surface area contributed by atoms with Crippen LogP contribution < -0.4 is 9.62 Å². The Morgan fingerprint density at radius 2 is 1.61 bits per heavy atom. The van der Waals surface area contributed by atoms with Crippen molar-refractivity contribution in [2.45, 2.75) is 59.7 Å². The molecule has 0 aliphatic carbocycles. The Kier molecular flexibility index (Phi) is 9.72. The molecule has 0 radical (unpaired) electrons. The third kappa shape index (κ3) is 7.78. The van der Waals surface area contributed by atoms with E-state index >= 15 is 0 Å². The highest BCUT2D eigenvalue weighted by atomic mass is 79.9. The summed E-state index contributed by atoms with van der Waals surface area (Å²) in [5.41, 5.74) is 2.34. The largest absolute Gasteiger partial charge is 0.350 e. The zero-order valence-corrected chi connectivity index (χ0v) is 24.7. The quantitative estimate of drug-likeness (QED) is 0.485. The van der Waals surface area contributed by atoms with Gasteiger partial charge in [-0.15, -0.1) is 0 Å². The minimum Gasteiger partial charge on any atom is -0.350 e. The van der Waals surface area contributed by atoms with Crippen molar-refractivity contribution in [2.24, 2.45) is 0 Å². The predicted octanol–water partition coefficient (Wildman–Crippen LogP) is 4.01. The smallest absolute Gasteiger partial charge is 0.304 e. The number of carbonyl (C=O) groups excluding carboxylic acids is 2. The predicted molar refractivity (Wildman–Crippen MR) is 148 cm³/mol. The van der Waals surface area contributed by atoms with Gasteiger partial charge in [-0.3, -0.25) is 9.59 Å². The molecule has 1 unspecified atom stereocenters. The maximum Gasteiger partial charge on any atom is 0.304 e. The number of halogens is 1. The van der Waals surface area contributed by atoms with E-state index in [4.69, 9.17) is 0 Å². The Morgan fingerprint density at radius 3 is 2.14 bits per heavy atom. The molecule has 2 rings (SSSR count). The third-order valence-corrected chi connectivity index (χ3v) is 7.92. The molecule has 0 saturated carbocycles. The molecule has 0 spiro atoms. The lowest BCUT2D eigenvalue weighted by Gasteiger charge is -2.34. The van der Waals surface area contributed by atoms with Gasteiger partial charge in [0.15, 0.2) is 0 Å². The zero-order valence-electron chi connectivity index (χ0n) is 22.3. The maximum atomic E-state index is 13.8. The lowest BCUT2D eigenvalue weighted by Crippen LogP contribution is -2.55. The fraction of sp³-hybridized carbons (Fsp3) is 0.462. The fourth-order valence-corrected chi connectivity index (χ4v) is 4.91. The van der Waals surface area contributed by atoms with Gasteiger partial charge in [-0.2, -0.15) is 12.7 Å². The van der Waals surface area contributed by atoms with Gasteiger partial charge in [0.2, 0.25) is 11.8 Å². The number of hydrogen-bond acceptors (Lipinski definition) is 4. The normalized spacial score (nSPS) is 12.8. The summed E-state index contributed by atoms with van der Waals surface area (Å²) >= 11 is 3.41. The van der Waals surface area contributed by atoms with Crippen LogP contribution in [-0.4, -0.2) is 61.7 Å². The number of nitrogens with zero attached hydrogens (tertiary/aromatic N) is 3. The van der Waals surface area contributed by atoms with Gasteiger partial charge in [-0.05, 0) is 76.4 Å². The van der Waals surface area contributed by atoms with Crippen molar-refractivity contribution in [3.8, 4) is 0 Å². The summed E-state index contributed by atoms with van der Waals surface area (Å²) in [6.07, 6.45) is 0. The highest BCUT2D eigenvalue weighted by Gasteiger charge is 2.34. The Hall–Kier alpha value is -2.43. The zero-order chi connectivity index (χ0) is 27.4. The molecule has 1 N–H and O–H groups in total.